The summed E-state index contributed by atoms with van der Waals surface area (Å²) in [6.07, 6.45) is 3.15. The third-order valence-electron chi connectivity index (χ3n) is 7.38. The number of likely N-dealkylation sites (N-methyl/N-ethyl adjacent to an activating group) is 1. The zero-order valence-electron chi connectivity index (χ0n) is 28.9. The second kappa shape index (κ2) is 17.4. The first-order valence-corrected chi connectivity index (χ1v) is 18.0. The van der Waals surface area contributed by atoms with Gasteiger partial charge in [0.15, 0.2) is 5.82 Å². The van der Waals surface area contributed by atoms with Crippen molar-refractivity contribution in [3.8, 4) is 5.75 Å². The molecule has 0 unspecified atom stereocenters. The van der Waals surface area contributed by atoms with Crippen LogP contribution in [0.3, 0.4) is 0 Å². The highest BCUT2D eigenvalue weighted by Gasteiger charge is 2.22. The minimum Gasteiger partial charge on any atom is -0.494 e. The summed E-state index contributed by atoms with van der Waals surface area (Å²) in [5.74, 6) is 0.277. The Balaban J connectivity index is 1.57. The van der Waals surface area contributed by atoms with Gasteiger partial charge in [-0.05, 0) is 43.7 Å². The summed E-state index contributed by atoms with van der Waals surface area (Å²) in [6.45, 7) is 8.26. The fourth-order valence-corrected chi connectivity index (χ4v) is 5.54. The van der Waals surface area contributed by atoms with Crippen LogP contribution in [0.1, 0.15) is 19.4 Å². The number of amides is 2. The van der Waals surface area contributed by atoms with Gasteiger partial charge in [0.2, 0.25) is 21.9 Å². The summed E-state index contributed by atoms with van der Waals surface area (Å²) in [4.78, 5) is 37.9. The molecule has 14 nitrogen and oxygen atoms in total. The fraction of sp³-hybridized carbons (Fsp3) is 0.257. The predicted octanol–water partition coefficient (Wildman–Crippen LogP) is 6.61. The van der Waals surface area contributed by atoms with Crippen LogP contribution in [0, 0.1) is 0 Å². The molecule has 0 fully saturated rings. The van der Waals surface area contributed by atoms with Crippen molar-refractivity contribution in [3.63, 3.8) is 0 Å². The van der Waals surface area contributed by atoms with E-state index >= 15 is 0 Å². The molecule has 4 rings (SSSR count). The number of halogens is 1. The van der Waals surface area contributed by atoms with Crippen LogP contribution in [0.25, 0.3) is 0 Å². The van der Waals surface area contributed by atoms with Crippen LogP contribution in [0.2, 0.25) is 5.02 Å². The molecule has 0 bridgehead atoms. The summed E-state index contributed by atoms with van der Waals surface area (Å²) >= 11 is 6.41. The third-order valence-corrected chi connectivity index (χ3v) is 8.24. The van der Waals surface area contributed by atoms with Gasteiger partial charge in [0.25, 0.3) is 0 Å². The first-order valence-electron chi connectivity index (χ1n) is 15.7. The molecule has 0 aliphatic carbocycles. The number of benzene rings is 3. The van der Waals surface area contributed by atoms with Gasteiger partial charge in [-0.3, -0.25) is 9.52 Å². The SMILES string of the molecule is C=CC(=O)Nc1cc(Nc2ncc(Cl)c(Nc3ccccc3NS(C)(=O)=O)n2)c(OC)cc1N(C)CCN(C(=O)OCc1ccccc1)C(C)C. The first-order chi connectivity index (χ1) is 24.3. The monoisotopic (exact) mass is 736 g/mol. The molecule has 0 spiro atoms. The van der Waals surface area contributed by atoms with Crippen LogP contribution in [0.15, 0.2) is 85.6 Å². The molecule has 1 aromatic heterocycles. The standard InChI is InChI=1S/C35H41ClN8O6S/c1-7-32(45)38-28-19-29(40-34-37-21-25(36)33(41-34)39-26-15-11-12-16-27(26)42-51(6,47)48)31(49-5)20-30(28)43(4)17-18-44(23(2)3)35(46)50-22-24-13-9-8-10-14-24/h7-16,19-21,23,42H,1,17-18,22H2,2-6H3,(H,38,45)(H2,37,39,40,41). The summed E-state index contributed by atoms with van der Waals surface area (Å²) in [6, 6.07) is 19.4. The Hall–Kier alpha value is -5.54. The first kappa shape index (κ1) is 38.3. The highest BCUT2D eigenvalue weighted by molar-refractivity contribution is 7.92. The van der Waals surface area contributed by atoms with Crippen molar-refractivity contribution in [2.75, 3.05) is 59.1 Å². The second-order valence-electron chi connectivity index (χ2n) is 11.6. The topological polar surface area (TPSA) is 167 Å². The third kappa shape index (κ3) is 11.0. The average molecular weight is 737 g/mol. The van der Waals surface area contributed by atoms with Crippen LogP contribution < -0.4 is 30.3 Å². The van der Waals surface area contributed by atoms with E-state index in [0.29, 0.717) is 47.3 Å². The number of ether oxygens (including phenoxy) is 2. The van der Waals surface area contributed by atoms with Crippen molar-refractivity contribution < 1.29 is 27.5 Å². The Morgan fingerprint density at radius 3 is 2.31 bits per heavy atom. The van der Waals surface area contributed by atoms with Crippen molar-refractivity contribution >= 4 is 73.8 Å². The molecule has 1 heterocycles. The molecule has 2 amide bonds. The molecule has 0 aliphatic rings. The number of anilines is 7. The molecular formula is C35H41ClN8O6S. The zero-order valence-corrected chi connectivity index (χ0v) is 30.5. The number of nitrogens with zero attached hydrogens (tertiary/aromatic N) is 4. The number of para-hydroxylation sites is 2. The second-order valence-corrected chi connectivity index (χ2v) is 13.7. The van der Waals surface area contributed by atoms with Crippen molar-refractivity contribution in [2.24, 2.45) is 0 Å². The predicted molar refractivity (Wildman–Crippen MR) is 202 cm³/mol. The Kier molecular flexibility index (Phi) is 13.1. The lowest BCUT2D eigenvalue weighted by Gasteiger charge is -2.30. The maximum Gasteiger partial charge on any atom is 0.410 e. The number of nitrogens with one attached hydrogen (secondary N) is 4. The quantitative estimate of drug-likeness (QED) is 0.0915. The average Bonchev–Trinajstić information content (AvgIpc) is 3.09. The van der Waals surface area contributed by atoms with Crippen molar-refractivity contribution in [1.29, 1.82) is 0 Å². The molecule has 0 saturated heterocycles. The van der Waals surface area contributed by atoms with E-state index in [0.717, 1.165) is 17.9 Å². The maximum absolute atomic E-state index is 13.0. The normalized spacial score (nSPS) is 11.0. The smallest absolute Gasteiger partial charge is 0.410 e. The molecule has 4 aromatic rings. The molecule has 3 aromatic carbocycles. The lowest BCUT2D eigenvalue weighted by molar-refractivity contribution is -0.111. The molecule has 0 saturated carbocycles. The van der Waals surface area contributed by atoms with E-state index in [1.54, 1.807) is 41.3 Å². The lowest BCUT2D eigenvalue weighted by atomic mass is 10.2. The number of aromatic nitrogens is 2. The molecule has 4 N–H and O–H groups in total. The highest BCUT2D eigenvalue weighted by atomic mass is 35.5. The number of rotatable bonds is 16. The number of carbonyl (C=O) groups excluding carboxylic acids is 2. The van der Waals surface area contributed by atoms with Gasteiger partial charge in [0.1, 0.15) is 17.4 Å². The number of sulfonamides is 1. The molecular weight excluding hydrogens is 696 g/mol. The van der Waals surface area contributed by atoms with Crippen LogP contribution in [-0.2, 0) is 26.2 Å². The van der Waals surface area contributed by atoms with E-state index in [4.69, 9.17) is 21.1 Å². The van der Waals surface area contributed by atoms with E-state index in [9.17, 15) is 18.0 Å². The molecule has 51 heavy (non-hydrogen) atoms. The van der Waals surface area contributed by atoms with Gasteiger partial charge in [-0.1, -0.05) is 60.6 Å². The Morgan fingerprint density at radius 1 is 0.980 bits per heavy atom. The minimum atomic E-state index is -3.56. The van der Waals surface area contributed by atoms with E-state index < -0.39 is 22.0 Å². The fourth-order valence-electron chi connectivity index (χ4n) is 4.82. The van der Waals surface area contributed by atoms with E-state index in [-0.39, 0.29) is 29.4 Å². The van der Waals surface area contributed by atoms with Gasteiger partial charge >= 0.3 is 6.09 Å². The molecule has 0 atom stereocenters. The van der Waals surface area contributed by atoms with Gasteiger partial charge in [-0.2, -0.15) is 4.98 Å². The number of hydrogen-bond donors (Lipinski definition) is 4. The molecule has 0 radical (unpaired) electrons. The number of methoxy groups -OCH3 is 1. The van der Waals surface area contributed by atoms with E-state index in [2.05, 4.69) is 37.2 Å². The highest BCUT2D eigenvalue weighted by Crippen LogP contribution is 2.38. The summed E-state index contributed by atoms with van der Waals surface area (Å²) in [5.41, 5.74) is 3.03. The molecule has 270 valence electrons. The minimum absolute atomic E-state index is 0.123. The van der Waals surface area contributed by atoms with Crippen LogP contribution in [0.5, 0.6) is 5.75 Å². The number of carbonyl (C=O) groups is 2. The maximum atomic E-state index is 13.0. The van der Waals surface area contributed by atoms with E-state index in [1.165, 1.54) is 13.3 Å². The zero-order chi connectivity index (χ0) is 37.1. The van der Waals surface area contributed by atoms with Gasteiger partial charge < -0.3 is 35.2 Å². The molecule has 16 heteroatoms. The van der Waals surface area contributed by atoms with E-state index in [1.807, 2.05) is 56.1 Å². The van der Waals surface area contributed by atoms with Gasteiger partial charge in [-0.25, -0.2) is 18.2 Å². The number of hydrogen-bond acceptors (Lipinski definition) is 11. The molecule has 0 aliphatic heterocycles. The van der Waals surface area contributed by atoms with Crippen LogP contribution in [0.4, 0.5) is 45.0 Å². The Morgan fingerprint density at radius 2 is 1.67 bits per heavy atom. The van der Waals surface area contributed by atoms with Gasteiger partial charge in [-0.15, -0.1) is 0 Å². The Bertz CT molecular complexity index is 1960. The summed E-state index contributed by atoms with van der Waals surface area (Å²) < 4.78 is 37.5. The van der Waals surface area contributed by atoms with Gasteiger partial charge in [0, 0.05) is 32.2 Å². The van der Waals surface area contributed by atoms with Crippen molar-refractivity contribution in [2.45, 2.75) is 26.5 Å². The van der Waals surface area contributed by atoms with Gasteiger partial charge in [0.05, 0.1) is 48.0 Å². The van der Waals surface area contributed by atoms with Crippen LogP contribution in [-0.4, -0.2) is 74.8 Å². The van der Waals surface area contributed by atoms with Crippen LogP contribution >= 0.6 is 11.6 Å². The summed E-state index contributed by atoms with van der Waals surface area (Å²) in [5, 5.41) is 9.18. The van der Waals surface area contributed by atoms with Crippen molar-refractivity contribution in [1.82, 2.24) is 14.9 Å². The van der Waals surface area contributed by atoms with Crippen molar-refractivity contribution in [3.05, 3.63) is 96.2 Å². The lowest BCUT2D eigenvalue weighted by Crippen LogP contribution is -2.42. The largest absolute Gasteiger partial charge is 0.494 e. The summed E-state index contributed by atoms with van der Waals surface area (Å²) in [7, 11) is -0.229. The Labute approximate surface area is 302 Å².